The smallest absolute Gasteiger partial charge is 0.171 e. The van der Waals surface area contributed by atoms with Crippen LogP contribution in [0.3, 0.4) is 0 Å². The summed E-state index contributed by atoms with van der Waals surface area (Å²) < 4.78 is 19.0. The number of nitrogens with zero attached hydrogens (tertiary/aromatic N) is 2. The van der Waals surface area contributed by atoms with E-state index in [2.05, 4.69) is 204 Å². The minimum atomic E-state index is -3.36. The summed E-state index contributed by atoms with van der Waals surface area (Å²) >= 11 is 3.63. The van der Waals surface area contributed by atoms with E-state index in [1.165, 1.54) is 36.4 Å². The molecule has 3 aliphatic heterocycles. The van der Waals surface area contributed by atoms with Crippen molar-refractivity contribution in [2.75, 3.05) is 9.80 Å². The fraction of sp³-hybridized carbons (Fsp3) is 0.0182. The van der Waals surface area contributed by atoms with Gasteiger partial charge in [-0.2, -0.15) is 0 Å². The normalized spacial score (nSPS) is 18.2. The van der Waals surface area contributed by atoms with E-state index in [0.717, 1.165) is 65.9 Å². The van der Waals surface area contributed by atoms with Crippen LogP contribution in [0.2, 0.25) is 0 Å². The molecule has 3 nitrogen and oxygen atoms in total. The first-order chi connectivity index (χ1) is 30.1. The molecule has 2 unspecified atom stereocenters. The molecule has 6 heteroatoms. The highest BCUT2D eigenvalue weighted by molar-refractivity contribution is 7.99. The molecule has 10 aromatic rings. The van der Waals surface area contributed by atoms with Crippen LogP contribution in [0.5, 0.6) is 0 Å². The molecule has 2 atom stereocenters. The maximum absolute atomic E-state index is 16.6. The number of anilines is 6. The summed E-state index contributed by atoms with van der Waals surface area (Å²) in [4.78, 5) is 7.18. The Morgan fingerprint density at radius 1 is 0.393 bits per heavy atom. The minimum Gasteiger partial charge on any atom is -0.309 e. The Morgan fingerprint density at radius 2 is 0.967 bits per heavy atom. The molecule has 4 heterocycles. The molecule has 0 amide bonds. The van der Waals surface area contributed by atoms with Gasteiger partial charge in [0.1, 0.15) is 0 Å². The standard InChI is InChI=1S/C55H35N2OPS2/c58-59(38-19-5-2-6-20-38)49-28-14-8-22-41(49)55(44-34-40-39-21-7-15-29-51(39)60-53(40)35-50(44)59)42-23-9-16-30-52(42)61-54-33-37(31-32-43(54)55)57-47-26-12-10-24-45(47)56(36-17-3-1-4-18-36)46-25-11-13-27-48(46)57/h1-35H. The molecule has 0 saturated heterocycles. The van der Waals surface area contributed by atoms with Gasteiger partial charge < -0.3 is 14.4 Å². The molecular weight excluding hydrogens is 800 g/mol. The van der Waals surface area contributed by atoms with E-state index in [9.17, 15) is 0 Å². The highest BCUT2D eigenvalue weighted by Crippen LogP contribution is 2.63. The van der Waals surface area contributed by atoms with Crippen molar-refractivity contribution >= 4 is 100 Å². The van der Waals surface area contributed by atoms with E-state index in [1.807, 2.05) is 30.0 Å². The van der Waals surface area contributed by atoms with Gasteiger partial charge in [0.2, 0.25) is 0 Å². The molecule has 0 saturated carbocycles. The van der Waals surface area contributed by atoms with Crippen molar-refractivity contribution in [2.24, 2.45) is 0 Å². The van der Waals surface area contributed by atoms with Gasteiger partial charge in [-0.1, -0.05) is 151 Å². The molecular formula is C55H35N2OPS2. The van der Waals surface area contributed by atoms with Gasteiger partial charge in [-0.05, 0) is 95.1 Å². The summed E-state index contributed by atoms with van der Waals surface area (Å²) in [5.41, 5.74) is 10.6. The lowest BCUT2D eigenvalue weighted by Gasteiger charge is -2.48. The molecule has 61 heavy (non-hydrogen) atoms. The fourth-order valence-electron chi connectivity index (χ4n) is 10.4. The van der Waals surface area contributed by atoms with E-state index >= 15 is 4.57 Å². The van der Waals surface area contributed by atoms with E-state index in [-0.39, 0.29) is 0 Å². The predicted octanol–water partition coefficient (Wildman–Crippen LogP) is 14.1. The van der Waals surface area contributed by atoms with Gasteiger partial charge in [-0.25, -0.2) is 0 Å². The topological polar surface area (TPSA) is 23.6 Å². The monoisotopic (exact) mass is 834 g/mol. The maximum atomic E-state index is 16.6. The zero-order chi connectivity index (χ0) is 40.3. The van der Waals surface area contributed by atoms with E-state index in [1.54, 1.807) is 11.3 Å². The second-order valence-electron chi connectivity index (χ2n) is 15.9. The van der Waals surface area contributed by atoms with Gasteiger partial charge in [0.15, 0.2) is 7.14 Å². The van der Waals surface area contributed by atoms with Crippen molar-refractivity contribution in [1.29, 1.82) is 0 Å². The van der Waals surface area contributed by atoms with Crippen LogP contribution in [0.1, 0.15) is 22.3 Å². The molecule has 0 bridgehead atoms. The van der Waals surface area contributed by atoms with Crippen LogP contribution in [0.4, 0.5) is 34.1 Å². The zero-order valence-electron chi connectivity index (χ0n) is 32.8. The van der Waals surface area contributed by atoms with Crippen molar-refractivity contribution in [3.63, 3.8) is 0 Å². The zero-order valence-corrected chi connectivity index (χ0v) is 35.3. The van der Waals surface area contributed by atoms with Gasteiger partial charge in [0, 0.05) is 57.3 Å². The van der Waals surface area contributed by atoms with Crippen LogP contribution < -0.4 is 25.7 Å². The number of benzene rings is 9. The Morgan fingerprint density at radius 3 is 1.70 bits per heavy atom. The number of rotatable bonds is 3. The SMILES string of the molecule is O=P1(c2ccccc2)c2ccccc2C2(c3ccccc3Sc3cc(N4c5ccccc5N(c5ccccc5)c5ccccc54)ccc32)c2cc3c(cc21)sc1ccccc13. The average Bonchev–Trinajstić information content (AvgIpc) is 3.69. The highest BCUT2D eigenvalue weighted by Gasteiger charge is 2.54. The third-order valence-corrected chi connectivity index (χ3v) is 18.3. The lowest BCUT2D eigenvalue weighted by Crippen LogP contribution is -2.48. The molecule has 0 fully saturated rings. The summed E-state index contributed by atoms with van der Waals surface area (Å²) in [6, 6.07) is 76.3. The Bertz CT molecular complexity index is 3430. The van der Waals surface area contributed by atoms with Crippen LogP contribution in [-0.4, -0.2) is 0 Å². The van der Waals surface area contributed by atoms with E-state index in [0.29, 0.717) is 0 Å². The van der Waals surface area contributed by atoms with Crippen molar-refractivity contribution in [3.8, 4) is 0 Å². The molecule has 0 radical (unpaired) electrons. The Hall–Kier alpha value is -6.62. The van der Waals surface area contributed by atoms with Crippen molar-refractivity contribution in [3.05, 3.63) is 235 Å². The summed E-state index contributed by atoms with van der Waals surface area (Å²) in [6.45, 7) is 0. The molecule has 1 spiro atoms. The molecule has 13 rings (SSSR count). The third-order valence-electron chi connectivity index (χ3n) is 12.9. The summed E-state index contributed by atoms with van der Waals surface area (Å²) in [6.07, 6.45) is 0. The number of thiophene rings is 1. The summed E-state index contributed by atoms with van der Waals surface area (Å²) in [5.74, 6) is 0. The predicted molar refractivity (Wildman–Crippen MR) is 258 cm³/mol. The van der Waals surface area contributed by atoms with Crippen LogP contribution in [0, 0.1) is 0 Å². The molecule has 0 aliphatic carbocycles. The van der Waals surface area contributed by atoms with E-state index in [4.69, 9.17) is 0 Å². The first-order valence-corrected chi connectivity index (χ1v) is 24.0. The average molecular weight is 835 g/mol. The van der Waals surface area contributed by atoms with Gasteiger partial charge in [-0.3, -0.25) is 0 Å². The maximum Gasteiger partial charge on any atom is 0.171 e. The first kappa shape index (κ1) is 35.2. The largest absolute Gasteiger partial charge is 0.309 e. The highest BCUT2D eigenvalue weighted by atomic mass is 32.2. The fourth-order valence-corrected chi connectivity index (χ4v) is 16.0. The van der Waals surface area contributed by atoms with Gasteiger partial charge in [-0.15, -0.1) is 11.3 Å². The van der Waals surface area contributed by atoms with Crippen LogP contribution in [0.15, 0.2) is 222 Å². The van der Waals surface area contributed by atoms with Crippen LogP contribution in [-0.2, 0) is 9.98 Å². The van der Waals surface area contributed by atoms with Gasteiger partial charge in [0.05, 0.1) is 28.2 Å². The Balaban J connectivity index is 1.11. The quantitative estimate of drug-likeness (QED) is 0.165. The number of fused-ring (bicyclic) bond motifs is 13. The van der Waals surface area contributed by atoms with Gasteiger partial charge in [0.25, 0.3) is 0 Å². The Labute approximate surface area is 362 Å². The molecule has 9 aromatic carbocycles. The first-order valence-electron chi connectivity index (χ1n) is 20.6. The van der Waals surface area contributed by atoms with Crippen LogP contribution >= 0.6 is 30.2 Å². The van der Waals surface area contributed by atoms with E-state index < -0.39 is 12.6 Å². The minimum absolute atomic E-state index is 0.747. The summed E-state index contributed by atoms with van der Waals surface area (Å²) in [5, 5.41) is 5.13. The van der Waals surface area contributed by atoms with Crippen LogP contribution in [0.25, 0.3) is 20.2 Å². The molecule has 288 valence electrons. The summed E-state index contributed by atoms with van der Waals surface area (Å²) in [7, 11) is -3.36. The third kappa shape index (κ3) is 4.80. The van der Waals surface area contributed by atoms with Gasteiger partial charge >= 0.3 is 0 Å². The van der Waals surface area contributed by atoms with Crippen molar-refractivity contribution in [1.82, 2.24) is 0 Å². The number of para-hydroxylation sites is 5. The Kier molecular flexibility index (Phi) is 7.60. The second-order valence-corrected chi connectivity index (χ2v) is 20.8. The number of hydrogen-bond donors (Lipinski definition) is 0. The molecule has 0 N–H and O–H groups in total. The lowest BCUT2D eigenvalue weighted by atomic mass is 9.64. The van der Waals surface area contributed by atoms with Crippen molar-refractivity contribution < 1.29 is 4.57 Å². The molecule has 1 aromatic heterocycles. The number of hydrogen-bond acceptors (Lipinski definition) is 5. The second kappa shape index (κ2) is 13.2. The lowest BCUT2D eigenvalue weighted by molar-refractivity contribution is 0.589. The van der Waals surface area contributed by atoms with Crippen molar-refractivity contribution in [2.45, 2.75) is 15.2 Å². The molecule has 3 aliphatic rings.